The SMILES string of the molecule is O=P([O-])([O-])[O-].[CH2-]CCC.[CH2-]CCC.[CH2-]CCC.[CH2-]CCC.[CH2-]CCC.[CH2-]CCC.[V].[V].[V]. The van der Waals surface area contributed by atoms with Crippen molar-refractivity contribution in [2.75, 3.05) is 0 Å². The number of hydrogen-bond donors (Lipinski definition) is 0. The van der Waals surface area contributed by atoms with Crippen LogP contribution in [0.25, 0.3) is 0 Å². The average molecular weight is 590 g/mol. The van der Waals surface area contributed by atoms with Crippen molar-refractivity contribution in [1.29, 1.82) is 0 Å². The van der Waals surface area contributed by atoms with E-state index in [1.807, 2.05) is 0 Å². The molecule has 0 bridgehead atoms. The maximum atomic E-state index is 8.55. The molecule has 0 aromatic heterocycles. The molecule has 0 fully saturated rings. The molecule has 32 heavy (non-hydrogen) atoms. The van der Waals surface area contributed by atoms with Crippen LogP contribution in [0.2, 0.25) is 0 Å². The Balaban J connectivity index is -0.0000000218. The van der Waals surface area contributed by atoms with E-state index in [-0.39, 0.29) is 55.7 Å². The number of phosphoric acid groups is 1. The number of unbranched alkanes of at least 4 members (excludes halogenated alkanes) is 6. The van der Waals surface area contributed by atoms with Gasteiger partial charge in [-0.25, -0.2) is 0 Å². The van der Waals surface area contributed by atoms with Crippen molar-refractivity contribution >= 4 is 7.82 Å². The Morgan fingerprint density at radius 2 is 0.469 bits per heavy atom. The Kier molecular flexibility index (Phi) is 170. The van der Waals surface area contributed by atoms with Gasteiger partial charge in [0.15, 0.2) is 0 Å². The first-order valence-electron chi connectivity index (χ1n) is 11.0. The topological polar surface area (TPSA) is 86.2 Å². The van der Waals surface area contributed by atoms with Crippen LogP contribution in [0.3, 0.4) is 0 Å². The van der Waals surface area contributed by atoms with Crippen LogP contribution in [0.1, 0.15) is 119 Å². The van der Waals surface area contributed by atoms with Crippen molar-refractivity contribution in [3.05, 3.63) is 41.5 Å². The molecule has 0 saturated carbocycles. The van der Waals surface area contributed by atoms with E-state index in [1.54, 1.807) is 0 Å². The van der Waals surface area contributed by atoms with Crippen molar-refractivity contribution in [3.63, 3.8) is 0 Å². The monoisotopic (exact) mass is 590 g/mol. The van der Waals surface area contributed by atoms with Gasteiger partial charge in [-0.05, 0) is 0 Å². The van der Waals surface area contributed by atoms with Crippen LogP contribution in [0.4, 0.5) is 0 Å². The summed E-state index contributed by atoms with van der Waals surface area (Å²) >= 11 is 0. The molecule has 0 atom stereocenters. The predicted octanol–water partition coefficient (Wildman–Crippen LogP) is 6.89. The summed E-state index contributed by atoms with van der Waals surface area (Å²) in [7, 11) is -5.39. The van der Waals surface area contributed by atoms with Gasteiger partial charge in [0, 0.05) is 55.7 Å². The first-order valence-corrected chi connectivity index (χ1v) is 12.4. The molecule has 0 N–H and O–H groups in total. The summed E-state index contributed by atoms with van der Waals surface area (Å²) < 4.78 is 8.55. The minimum Gasteiger partial charge on any atom is -0.822 e. The molecule has 0 aliphatic rings. The van der Waals surface area contributed by atoms with E-state index in [4.69, 9.17) is 19.2 Å². The van der Waals surface area contributed by atoms with Crippen LogP contribution in [0, 0.1) is 41.5 Å². The standard InChI is InChI=1S/6C4H9.H3O4P.3V/c6*1-3-4-2;1-5(2,3)4;;;/h6*1,3-4H2,2H3;(H3,1,2,3,4);;;/q6*-1;;;;/p-3. The average Bonchev–Trinajstić information content (AvgIpc) is 2.72. The van der Waals surface area contributed by atoms with E-state index in [9.17, 15) is 0 Å². The zero-order valence-corrected chi connectivity index (χ0v) is 27.2. The molecule has 0 heterocycles. The van der Waals surface area contributed by atoms with Crippen LogP contribution in [0.15, 0.2) is 0 Å². The van der Waals surface area contributed by atoms with Crippen molar-refractivity contribution in [2.24, 2.45) is 0 Å². The first-order chi connectivity index (χ1) is 13.5. The molecule has 0 aromatic rings. The van der Waals surface area contributed by atoms with Crippen molar-refractivity contribution < 1.29 is 74.9 Å². The second kappa shape index (κ2) is 84.6. The van der Waals surface area contributed by atoms with Crippen LogP contribution in [0.5, 0.6) is 0 Å². The van der Waals surface area contributed by atoms with Gasteiger partial charge in [-0.15, -0.1) is 0 Å². The Bertz CT molecular complexity index is 170. The third-order valence-corrected chi connectivity index (χ3v) is 2.12. The zero-order valence-electron chi connectivity index (χ0n) is 22.1. The van der Waals surface area contributed by atoms with Gasteiger partial charge >= 0.3 is 0 Å². The van der Waals surface area contributed by atoms with Gasteiger partial charge < -0.3 is 60.8 Å². The molecule has 8 heteroatoms. The van der Waals surface area contributed by atoms with Gasteiger partial charge in [0.05, 0.1) is 0 Å². The van der Waals surface area contributed by atoms with E-state index in [2.05, 4.69) is 83.1 Å². The third-order valence-electron chi connectivity index (χ3n) is 2.12. The summed E-state index contributed by atoms with van der Waals surface area (Å²) in [5.74, 6) is 0. The number of hydrogen-bond acceptors (Lipinski definition) is 4. The summed E-state index contributed by atoms with van der Waals surface area (Å²) in [5, 5.41) is 0. The third kappa shape index (κ3) is 491. The second-order valence-electron chi connectivity index (χ2n) is 5.57. The summed E-state index contributed by atoms with van der Waals surface area (Å²) in [6, 6.07) is 0. The maximum absolute atomic E-state index is 8.55. The van der Waals surface area contributed by atoms with Crippen molar-refractivity contribution in [3.8, 4) is 0 Å². The minimum atomic E-state index is -5.39. The van der Waals surface area contributed by atoms with Gasteiger partial charge in [0.25, 0.3) is 0 Å². The van der Waals surface area contributed by atoms with E-state index >= 15 is 0 Å². The summed E-state index contributed by atoms with van der Waals surface area (Å²) in [6.07, 6.45) is 13.7. The molecule has 0 unspecified atom stereocenters. The Labute approximate surface area is 241 Å². The number of rotatable bonds is 6. The molecule has 0 spiro atoms. The quantitative estimate of drug-likeness (QED) is 0.249. The molecule has 203 valence electrons. The van der Waals surface area contributed by atoms with Crippen molar-refractivity contribution in [1.82, 2.24) is 0 Å². The van der Waals surface area contributed by atoms with Gasteiger partial charge in [-0.1, -0.05) is 80.1 Å². The molecule has 0 aliphatic carbocycles. The predicted molar refractivity (Wildman–Crippen MR) is 129 cm³/mol. The molecule has 0 aliphatic heterocycles. The van der Waals surface area contributed by atoms with Gasteiger partial charge in [0.2, 0.25) is 0 Å². The van der Waals surface area contributed by atoms with Gasteiger partial charge in [0.1, 0.15) is 0 Å². The van der Waals surface area contributed by atoms with Gasteiger partial charge in [-0.3, -0.25) is 0 Å². The largest absolute Gasteiger partial charge is 0.822 e. The van der Waals surface area contributed by atoms with Crippen LogP contribution in [-0.2, 0) is 60.2 Å². The zero-order chi connectivity index (χ0) is 25.0. The van der Waals surface area contributed by atoms with E-state index in [0.29, 0.717) is 0 Å². The van der Waals surface area contributed by atoms with Gasteiger partial charge in [-0.2, -0.15) is 46.3 Å². The fourth-order valence-corrected chi connectivity index (χ4v) is 0. The second-order valence-corrected chi connectivity index (χ2v) is 6.46. The minimum absolute atomic E-state index is 0. The summed E-state index contributed by atoms with van der Waals surface area (Å²) in [5.41, 5.74) is 0. The van der Waals surface area contributed by atoms with E-state index < -0.39 is 7.82 Å². The molecule has 4 nitrogen and oxygen atoms in total. The Morgan fingerprint density at radius 1 is 0.438 bits per heavy atom. The van der Waals surface area contributed by atoms with Crippen molar-refractivity contribution in [2.45, 2.75) is 119 Å². The summed E-state index contributed by atoms with van der Waals surface area (Å²) in [6.45, 7) is 34.3. The molecule has 0 rings (SSSR count). The van der Waals surface area contributed by atoms with Crippen LogP contribution < -0.4 is 14.7 Å². The Hall–Kier alpha value is 1.86. The Morgan fingerprint density at radius 3 is 0.469 bits per heavy atom. The fourth-order valence-electron chi connectivity index (χ4n) is 0. The normalized spacial score (nSPS) is 7.47. The fraction of sp³-hybridized carbons (Fsp3) is 0.750. The molecular formula is C24H54O4PV3-9. The molecule has 0 amide bonds. The first kappa shape index (κ1) is 64.2. The smallest absolute Gasteiger partial charge is 0 e. The molecule has 3 radical (unpaired) electrons. The molecule has 0 aromatic carbocycles. The van der Waals surface area contributed by atoms with Crippen LogP contribution >= 0.6 is 7.82 Å². The molecule has 0 saturated heterocycles. The summed E-state index contributed by atoms with van der Waals surface area (Å²) in [4.78, 5) is 25.6. The molecular weight excluding hydrogens is 536 g/mol. The van der Waals surface area contributed by atoms with Crippen LogP contribution in [-0.4, -0.2) is 0 Å². The van der Waals surface area contributed by atoms with E-state index in [1.165, 1.54) is 38.5 Å². The maximum Gasteiger partial charge on any atom is 0 e. The van der Waals surface area contributed by atoms with E-state index in [0.717, 1.165) is 38.5 Å².